The molecule has 0 aliphatic rings. The molecule has 0 saturated carbocycles. The van der Waals surface area contributed by atoms with Crippen LogP contribution in [0.25, 0.3) is 5.69 Å². The molecule has 4 aromatic rings. The van der Waals surface area contributed by atoms with Crippen LogP contribution in [0.4, 0.5) is 9.52 Å². The first-order chi connectivity index (χ1) is 18.6. The number of nitrogens with zero attached hydrogens (tertiary/aromatic N) is 5. The fourth-order valence-corrected chi connectivity index (χ4v) is 5.90. The Labute approximate surface area is 238 Å². The minimum atomic E-state index is -0.383. The van der Waals surface area contributed by atoms with Gasteiger partial charge in [-0.1, -0.05) is 74.7 Å². The molecule has 0 aliphatic carbocycles. The lowest BCUT2D eigenvalue weighted by molar-refractivity contribution is -0.113. The van der Waals surface area contributed by atoms with E-state index in [4.69, 9.17) is 0 Å². The normalized spacial score (nSPS) is 11.4. The molecular weight excluding hydrogens is 558 g/mol. The number of anilines is 1. The van der Waals surface area contributed by atoms with Crippen molar-refractivity contribution in [1.29, 1.82) is 0 Å². The summed E-state index contributed by atoms with van der Waals surface area (Å²) in [6.45, 7) is 8.44. The Balaban J connectivity index is 1.46. The van der Waals surface area contributed by atoms with E-state index in [1.54, 1.807) is 40.6 Å². The summed E-state index contributed by atoms with van der Waals surface area (Å²) in [6, 6.07) is 13.3. The molecule has 2 N–H and O–H groups in total. The molecule has 0 atom stereocenters. The van der Waals surface area contributed by atoms with Crippen LogP contribution in [0.5, 0.6) is 0 Å². The van der Waals surface area contributed by atoms with Gasteiger partial charge in [-0.3, -0.25) is 19.5 Å². The minimum absolute atomic E-state index is 0.0141. The Kier molecular flexibility index (Phi) is 9.36. The third kappa shape index (κ3) is 7.64. The summed E-state index contributed by atoms with van der Waals surface area (Å²) in [5.74, 6) is 0.439. The highest BCUT2D eigenvalue weighted by Gasteiger charge is 2.19. The third-order valence-corrected chi connectivity index (χ3v) is 8.24. The van der Waals surface area contributed by atoms with Gasteiger partial charge in [0, 0.05) is 11.3 Å². The van der Waals surface area contributed by atoms with Crippen LogP contribution in [-0.2, 0) is 16.8 Å². The Morgan fingerprint density at radius 1 is 0.974 bits per heavy atom. The van der Waals surface area contributed by atoms with Gasteiger partial charge in [0.1, 0.15) is 5.82 Å². The van der Waals surface area contributed by atoms with Crippen molar-refractivity contribution < 1.29 is 14.0 Å². The number of thioether (sulfide) groups is 2. The van der Waals surface area contributed by atoms with Crippen LogP contribution < -0.4 is 10.6 Å². The van der Waals surface area contributed by atoms with Crippen LogP contribution in [0.1, 0.15) is 49.4 Å². The monoisotopic (exact) mass is 585 g/mol. The summed E-state index contributed by atoms with van der Waals surface area (Å²) >= 11 is 4.03. The average molecular weight is 586 g/mol. The molecule has 0 bridgehead atoms. The maximum Gasteiger partial charge on any atom is 0.251 e. The highest BCUT2D eigenvalue weighted by molar-refractivity contribution is 8.01. The van der Waals surface area contributed by atoms with Crippen molar-refractivity contribution in [2.45, 2.75) is 49.2 Å². The van der Waals surface area contributed by atoms with E-state index in [0.29, 0.717) is 27.4 Å². The van der Waals surface area contributed by atoms with Crippen LogP contribution in [0.2, 0.25) is 0 Å². The van der Waals surface area contributed by atoms with Crippen molar-refractivity contribution in [3.63, 3.8) is 0 Å². The number of halogens is 1. The van der Waals surface area contributed by atoms with Crippen LogP contribution in [0, 0.1) is 5.82 Å². The van der Waals surface area contributed by atoms with Gasteiger partial charge in [-0.15, -0.1) is 20.4 Å². The molecule has 2 aromatic carbocycles. The number of benzene rings is 2. The van der Waals surface area contributed by atoms with E-state index < -0.39 is 0 Å². The number of carbonyl (C=O) groups excluding carboxylic acids is 2. The minimum Gasteiger partial charge on any atom is -0.345 e. The lowest BCUT2D eigenvalue weighted by Crippen LogP contribution is -2.25. The number of rotatable bonds is 10. The van der Waals surface area contributed by atoms with Crippen molar-refractivity contribution in [2.75, 3.05) is 16.8 Å². The molecule has 2 heterocycles. The third-order valence-electron chi connectivity index (χ3n) is 5.46. The molecule has 0 aliphatic heterocycles. The predicted octanol–water partition coefficient (Wildman–Crippen LogP) is 5.33. The van der Waals surface area contributed by atoms with Gasteiger partial charge in [-0.25, -0.2) is 4.39 Å². The van der Waals surface area contributed by atoms with E-state index in [-0.39, 0.29) is 35.3 Å². The summed E-state index contributed by atoms with van der Waals surface area (Å²) in [7, 11) is 0. The van der Waals surface area contributed by atoms with Gasteiger partial charge in [0.05, 0.1) is 12.3 Å². The van der Waals surface area contributed by atoms with Crippen molar-refractivity contribution in [1.82, 2.24) is 30.3 Å². The number of aromatic nitrogens is 5. The molecule has 2 aromatic heterocycles. The zero-order valence-corrected chi connectivity index (χ0v) is 24.3. The van der Waals surface area contributed by atoms with Crippen molar-refractivity contribution >= 4 is 51.8 Å². The van der Waals surface area contributed by atoms with Gasteiger partial charge < -0.3 is 5.32 Å². The van der Waals surface area contributed by atoms with E-state index >= 15 is 0 Å². The van der Waals surface area contributed by atoms with Gasteiger partial charge in [-0.2, -0.15) is 0 Å². The van der Waals surface area contributed by atoms with E-state index in [1.807, 2.05) is 19.1 Å². The second kappa shape index (κ2) is 12.7. The van der Waals surface area contributed by atoms with Gasteiger partial charge >= 0.3 is 0 Å². The van der Waals surface area contributed by atoms with Crippen LogP contribution in [-0.4, -0.2) is 48.3 Å². The smallest absolute Gasteiger partial charge is 0.251 e. The van der Waals surface area contributed by atoms with Gasteiger partial charge in [0.25, 0.3) is 5.91 Å². The van der Waals surface area contributed by atoms with Crippen LogP contribution in [0.15, 0.2) is 58.0 Å². The highest BCUT2D eigenvalue weighted by atomic mass is 32.2. The second-order valence-electron chi connectivity index (χ2n) is 9.36. The molecule has 2 amide bonds. The predicted molar refractivity (Wildman–Crippen MR) is 153 cm³/mol. The number of nitrogens with one attached hydrogen (secondary N) is 2. The first kappa shape index (κ1) is 28.7. The lowest BCUT2D eigenvalue weighted by Gasteiger charge is -2.19. The largest absolute Gasteiger partial charge is 0.345 e. The molecule has 13 heteroatoms. The van der Waals surface area contributed by atoms with E-state index in [2.05, 4.69) is 51.8 Å². The zero-order chi connectivity index (χ0) is 28.0. The van der Waals surface area contributed by atoms with Crippen LogP contribution in [0.3, 0.4) is 0 Å². The summed E-state index contributed by atoms with van der Waals surface area (Å²) in [4.78, 5) is 25.4. The molecular formula is C26H28FN7O2S3. The first-order valence-corrected chi connectivity index (χ1v) is 14.9. The highest BCUT2D eigenvalue weighted by Crippen LogP contribution is 2.26. The van der Waals surface area contributed by atoms with E-state index in [1.165, 1.54) is 35.2 Å². The molecule has 0 radical (unpaired) electrons. The summed E-state index contributed by atoms with van der Waals surface area (Å²) < 4.78 is 16.1. The Morgan fingerprint density at radius 2 is 1.69 bits per heavy atom. The standard InChI is InChI=1S/C26H28FN7O2S3/c1-5-37-25-33-31-23(39-25)29-21(35)15-38-24-32-30-20(34(24)19-12-10-18(27)11-13-19)14-28-22(36)16-6-8-17(9-7-16)26(2,3)4/h6-13H,5,14-15H2,1-4H3,(H,28,36)(H,29,31,35). The van der Waals surface area contributed by atoms with Crippen molar-refractivity contribution in [3.05, 3.63) is 71.3 Å². The second-order valence-corrected chi connectivity index (χ2v) is 12.8. The summed E-state index contributed by atoms with van der Waals surface area (Å²) in [5.41, 5.74) is 2.25. The Bertz CT molecular complexity index is 1430. The molecule has 4 rings (SSSR count). The van der Waals surface area contributed by atoms with Gasteiger partial charge in [0.2, 0.25) is 11.0 Å². The number of hydrogen-bond donors (Lipinski definition) is 2. The van der Waals surface area contributed by atoms with E-state index in [0.717, 1.165) is 15.7 Å². The number of hydrogen-bond acceptors (Lipinski definition) is 9. The fraction of sp³-hybridized carbons (Fsp3) is 0.308. The maximum atomic E-state index is 13.6. The SMILES string of the molecule is CCSc1nnc(NC(=O)CSc2nnc(CNC(=O)c3ccc(C(C)(C)C)cc3)n2-c2ccc(F)cc2)s1. The molecule has 204 valence electrons. The lowest BCUT2D eigenvalue weighted by atomic mass is 9.87. The molecule has 0 spiro atoms. The number of amides is 2. The quantitative estimate of drug-likeness (QED) is 0.190. The summed E-state index contributed by atoms with van der Waals surface area (Å²) in [6.07, 6.45) is 0. The van der Waals surface area contributed by atoms with E-state index in [9.17, 15) is 14.0 Å². The summed E-state index contributed by atoms with van der Waals surface area (Å²) in [5, 5.41) is 23.0. The Hall–Kier alpha value is -3.29. The molecule has 39 heavy (non-hydrogen) atoms. The number of carbonyl (C=O) groups is 2. The van der Waals surface area contributed by atoms with Gasteiger partial charge in [0.15, 0.2) is 15.3 Å². The van der Waals surface area contributed by atoms with Crippen molar-refractivity contribution in [2.24, 2.45) is 0 Å². The topological polar surface area (TPSA) is 115 Å². The molecule has 0 unspecified atom stereocenters. The van der Waals surface area contributed by atoms with Crippen molar-refractivity contribution in [3.8, 4) is 5.69 Å². The first-order valence-electron chi connectivity index (χ1n) is 12.1. The van der Waals surface area contributed by atoms with Crippen LogP contribution >= 0.6 is 34.9 Å². The van der Waals surface area contributed by atoms with Gasteiger partial charge in [-0.05, 0) is 53.1 Å². The molecule has 9 nitrogen and oxygen atoms in total. The fourth-order valence-electron chi connectivity index (χ4n) is 3.47. The zero-order valence-electron chi connectivity index (χ0n) is 21.9. The maximum absolute atomic E-state index is 13.6. The average Bonchev–Trinajstić information content (AvgIpc) is 3.52. The molecule has 0 saturated heterocycles. The Morgan fingerprint density at radius 3 is 2.36 bits per heavy atom. The molecule has 0 fully saturated rings.